The minimum absolute atomic E-state index is 0.492. The van der Waals surface area contributed by atoms with Crippen molar-refractivity contribution in [3.8, 4) is 0 Å². The molecule has 0 aliphatic carbocycles. The van der Waals surface area contributed by atoms with Crippen LogP contribution in [0.2, 0.25) is 0 Å². The van der Waals surface area contributed by atoms with E-state index >= 15 is 0 Å². The monoisotopic (exact) mass is 223 g/mol. The molecule has 4 heteroatoms. The van der Waals surface area contributed by atoms with Crippen molar-refractivity contribution >= 4 is 5.82 Å². The lowest BCUT2D eigenvalue weighted by molar-refractivity contribution is 0.0847. The third-order valence-electron chi connectivity index (χ3n) is 3.35. The zero-order valence-electron chi connectivity index (χ0n) is 10.2. The Hall–Kier alpha value is -1.03. The predicted octanol–water partition coefficient (Wildman–Crippen LogP) is 1.94. The summed E-state index contributed by atoms with van der Waals surface area (Å²) >= 11 is 0. The van der Waals surface area contributed by atoms with E-state index in [0.29, 0.717) is 5.92 Å². The van der Waals surface area contributed by atoms with Crippen molar-refractivity contribution in [2.75, 3.05) is 18.9 Å². The number of ether oxygens (including phenoxy) is 1. The number of aryl methyl sites for hydroxylation is 1. The van der Waals surface area contributed by atoms with E-state index in [1.807, 2.05) is 0 Å². The highest BCUT2D eigenvalue weighted by Crippen LogP contribution is 2.31. The van der Waals surface area contributed by atoms with Crippen molar-refractivity contribution in [3.63, 3.8) is 0 Å². The fourth-order valence-electron chi connectivity index (χ4n) is 2.43. The van der Waals surface area contributed by atoms with Crippen LogP contribution >= 0.6 is 0 Å². The van der Waals surface area contributed by atoms with Crippen LogP contribution in [0.1, 0.15) is 44.1 Å². The number of rotatable bonds is 3. The summed E-state index contributed by atoms with van der Waals surface area (Å²) in [5, 5.41) is 0. The summed E-state index contributed by atoms with van der Waals surface area (Å²) < 4.78 is 7.51. The van der Waals surface area contributed by atoms with Crippen molar-refractivity contribution in [3.05, 3.63) is 11.5 Å². The van der Waals surface area contributed by atoms with Crippen LogP contribution in [0.5, 0.6) is 0 Å². The van der Waals surface area contributed by atoms with Crippen LogP contribution in [0.3, 0.4) is 0 Å². The molecule has 1 saturated heterocycles. The molecule has 0 atom stereocenters. The molecule has 1 aliphatic rings. The van der Waals surface area contributed by atoms with E-state index in [2.05, 4.69) is 18.4 Å². The average Bonchev–Trinajstić information content (AvgIpc) is 2.66. The van der Waals surface area contributed by atoms with Gasteiger partial charge in [0.2, 0.25) is 0 Å². The first-order chi connectivity index (χ1) is 7.77. The molecule has 1 aromatic rings. The Morgan fingerprint density at radius 2 is 2.06 bits per heavy atom. The summed E-state index contributed by atoms with van der Waals surface area (Å²) in [7, 11) is 0. The van der Waals surface area contributed by atoms with Gasteiger partial charge < -0.3 is 15.0 Å². The molecule has 0 saturated carbocycles. The second-order valence-corrected chi connectivity index (χ2v) is 4.28. The van der Waals surface area contributed by atoms with E-state index < -0.39 is 0 Å². The molecule has 0 amide bonds. The normalized spacial score (nSPS) is 17.9. The fraction of sp³-hybridized carbons (Fsp3) is 0.750. The molecule has 2 heterocycles. The number of hydrogen-bond donors (Lipinski definition) is 1. The quantitative estimate of drug-likeness (QED) is 0.852. The standard InChI is InChI=1S/C12H21N3O/c1-3-10-14-11(12(13)15(10)4-2)9-5-7-16-8-6-9/h9H,3-8,13H2,1-2H3. The van der Waals surface area contributed by atoms with E-state index in [4.69, 9.17) is 15.5 Å². The largest absolute Gasteiger partial charge is 0.384 e. The number of hydrogen-bond acceptors (Lipinski definition) is 3. The van der Waals surface area contributed by atoms with Crippen LogP contribution in [0, 0.1) is 0 Å². The molecule has 90 valence electrons. The van der Waals surface area contributed by atoms with Crippen molar-refractivity contribution < 1.29 is 4.74 Å². The topological polar surface area (TPSA) is 53.1 Å². The Labute approximate surface area is 96.8 Å². The Morgan fingerprint density at radius 3 is 2.56 bits per heavy atom. The van der Waals surface area contributed by atoms with Crippen molar-refractivity contribution in [1.82, 2.24) is 9.55 Å². The second kappa shape index (κ2) is 4.87. The average molecular weight is 223 g/mol. The van der Waals surface area contributed by atoms with Gasteiger partial charge in [0.25, 0.3) is 0 Å². The number of nitrogens with two attached hydrogens (primary N) is 1. The third-order valence-corrected chi connectivity index (χ3v) is 3.35. The SMILES string of the molecule is CCc1nc(C2CCOCC2)c(N)n1CC. The van der Waals surface area contributed by atoms with Crippen molar-refractivity contribution in [2.24, 2.45) is 0 Å². The van der Waals surface area contributed by atoms with E-state index in [1.165, 1.54) is 0 Å². The van der Waals surface area contributed by atoms with Gasteiger partial charge in [0, 0.05) is 32.1 Å². The maximum atomic E-state index is 6.18. The van der Waals surface area contributed by atoms with Gasteiger partial charge in [0.05, 0.1) is 5.69 Å². The smallest absolute Gasteiger partial charge is 0.127 e. The van der Waals surface area contributed by atoms with Gasteiger partial charge >= 0.3 is 0 Å². The number of nitrogen functional groups attached to an aromatic ring is 1. The zero-order valence-corrected chi connectivity index (χ0v) is 10.2. The van der Waals surface area contributed by atoms with Crippen LogP contribution in [-0.2, 0) is 17.7 Å². The molecule has 0 spiro atoms. The first-order valence-corrected chi connectivity index (χ1v) is 6.20. The highest BCUT2D eigenvalue weighted by molar-refractivity contribution is 5.41. The Bertz CT molecular complexity index is 353. The highest BCUT2D eigenvalue weighted by atomic mass is 16.5. The van der Waals surface area contributed by atoms with E-state index in [-0.39, 0.29) is 0 Å². The molecular formula is C12H21N3O. The number of imidazole rings is 1. The van der Waals surface area contributed by atoms with Crippen LogP contribution in [0.15, 0.2) is 0 Å². The van der Waals surface area contributed by atoms with Gasteiger partial charge in [-0.3, -0.25) is 0 Å². The van der Waals surface area contributed by atoms with Gasteiger partial charge in [0.15, 0.2) is 0 Å². The molecule has 16 heavy (non-hydrogen) atoms. The number of anilines is 1. The molecule has 2 N–H and O–H groups in total. The first-order valence-electron chi connectivity index (χ1n) is 6.20. The summed E-state index contributed by atoms with van der Waals surface area (Å²) in [6.07, 6.45) is 3.05. The first kappa shape index (κ1) is 11.5. The maximum Gasteiger partial charge on any atom is 0.127 e. The number of nitrogens with zero attached hydrogens (tertiary/aromatic N) is 2. The van der Waals surface area contributed by atoms with Crippen LogP contribution in [0.4, 0.5) is 5.82 Å². The molecule has 0 aromatic carbocycles. The van der Waals surface area contributed by atoms with E-state index in [9.17, 15) is 0 Å². The molecular weight excluding hydrogens is 202 g/mol. The summed E-state index contributed by atoms with van der Waals surface area (Å²) in [6, 6.07) is 0. The molecule has 0 radical (unpaired) electrons. The van der Waals surface area contributed by atoms with Gasteiger partial charge in [-0.2, -0.15) is 0 Å². The van der Waals surface area contributed by atoms with Gasteiger partial charge in [-0.05, 0) is 19.8 Å². The van der Waals surface area contributed by atoms with Crippen molar-refractivity contribution in [2.45, 2.75) is 45.6 Å². The zero-order chi connectivity index (χ0) is 11.5. The maximum absolute atomic E-state index is 6.18. The second-order valence-electron chi connectivity index (χ2n) is 4.28. The van der Waals surface area contributed by atoms with E-state index in [0.717, 1.165) is 56.4 Å². The lowest BCUT2D eigenvalue weighted by atomic mass is 9.96. The predicted molar refractivity (Wildman–Crippen MR) is 64.5 cm³/mol. The molecule has 1 aliphatic heterocycles. The van der Waals surface area contributed by atoms with Crippen molar-refractivity contribution in [1.29, 1.82) is 0 Å². The fourth-order valence-corrected chi connectivity index (χ4v) is 2.43. The lowest BCUT2D eigenvalue weighted by Crippen LogP contribution is -2.15. The van der Waals surface area contributed by atoms with Gasteiger partial charge in [0.1, 0.15) is 11.6 Å². The summed E-state index contributed by atoms with van der Waals surface area (Å²) in [6.45, 7) is 6.83. The minimum atomic E-state index is 0.492. The molecule has 1 aromatic heterocycles. The molecule has 0 bridgehead atoms. The molecule has 1 fully saturated rings. The molecule has 2 rings (SSSR count). The van der Waals surface area contributed by atoms with Crippen LogP contribution in [-0.4, -0.2) is 22.8 Å². The summed E-state index contributed by atoms with van der Waals surface area (Å²) in [4.78, 5) is 4.71. The molecule has 4 nitrogen and oxygen atoms in total. The Kier molecular flexibility index (Phi) is 3.49. The highest BCUT2D eigenvalue weighted by Gasteiger charge is 2.23. The van der Waals surface area contributed by atoms with E-state index in [1.54, 1.807) is 0 Å². The summed E-state index contributed by atoms with van der Waals surface area (Å²) in [5.74, 6) is 2.47. The Morgan fingerprint density at radius 1 is 1.38 bits per heavy atom. The van der Waals surface area contributed by atoms with Crippen LogP contribution in [0.25, 0.3) is 0 Å². The number of aromatic nitrogens is 2. The summed E-state index contributed by atoms with van der Waals surface area (Å²) in [5.41, 5.74) is 7.28. The Balaban J connectivity index is 2.29. The van der Waals surface area contributed by atoms with Gasteiger partial charge in [-0.25, -0.2) is 4.98 Å². The van der Waals surface area contributed by atoms with Gasteiger partial charge in [-0.1, -0.05) is 6.92 Å². The molecule has 0 unspecified atom stereocenters. The van der Waals surface area contributed by atoms with Crippen LogP contribution < -0.4 is 5.73 Å². The third kappa shape index (κ3) is 1.94. The minimum Gasteiger partial charge on any atom is -0.384 e. The lowest BCUT2D eigenvalue weighted by Gasteiger charge is -2.20. The van der Waals surface area contributed by atoms with Gasteiger partial charge in [-0.15, -0.1) is 0 Å².